The van der Waals surface area contributed by atoms with Crippen molar-refractivity contribution in [3.8, 4) is 11.1 Å². The fourth-order valence-electron chi connectivity index (χ4n) is 1.97. The summed E-state index contributed by atoms with van der Waals surface area (Å²) in [6.45, 7) is 0. The Balaban J connectivity index is 2.20. The molecule has 0 aliphatic carbocycles. The monoisotopic (exact) mass is 251 g/mol. The van der Waals surface area contributed by atoms with Crippen molar-refractivity contribution in [2.75, 3.05) is 0 Å². The number of hydrogen-bond donors (Lipinski definition) is 0. The molecule has 92 valence electrons. The highest BCUT2D eigenvalue weighted by atomic mass is 16.4. The highest BCUT2D eigenvalue weighted by Crippen LogP contribution is 2.23. The molecular formula is C15H9NO3. The summed E-state index contributed by atoms with van der Waals surface area (Å²) in [6, 6.07) is 15.6. The topological polar surface area (TPSA) is 59.6 Å². The van der Waals surface area contributed by atoms with Gasteiger partial charge in [0.2, 0.25) is 0 Å². The zero-order valence-electron chi connectivity index (χ0n) is 9.87. The second kappa shape index (κ2) is 4.49. The molecule has 0 unspecified atom stereocenters. The molecular weight excluding hydrogens is 242 g/mol. The lowest BCUT2D eigenvalue weighted by Crippen LogP contribution is -2.02. The van der Waals surface area contributed by atoms with E-state index in [-0.39, 0.29) is 0 Å². The molecule has 19 heavy (non-hydrogen) atoms. The number of para-hydroxylation sites is 1. The molecule has 0 radical (unpaired) electrons. The molecule has 3 aromatic rings. The van der Waals surface area contributed by atoms with Gasteiger partial charge in [0.1, 0.15) is 11.3 Å². The molecule has 1 heterocycles. The van der Waals surface area contributed by atoms with E-state index < -0.39 is 5.63 Å². The van der Waals surface area contributed by atoms with Crippen LogP contribution in [0.4, 0.5) is 5.69 Å². The maximum Gasteiger partial charge on any atom is 0.344 e. The van der Waals surface area contributed by atoms with Gasteiger partial charge in [0, 0.05) is 5.39 Å². The molecule has 0 bridgehead atoms. The average Bonchev–Trinajstić information content (AvgIpc) is 2.47. The van der Waals surface area contributed by atoms with E-state index in [9.17, 15) is 9.70 Å². The predicted octanol–water partition coefficient (Wildman–Crippen LogP) is 3.86. The van der Waals surface area contributed by atoms with Crippen LogP contribution in [0.5, 0.6) is 0 Å². The Bertz CT molecular complexity index is 803. The summed E-state index contributed by atoms with van der Waals surface area (Å²) < 4.78 is 5.26. The molecule has 2 aromatic carbocycles. The lowest BCUT2D eigenvalue weighted by molar-refractivity contribution is 0.563. The number of benzene rings is 2. The van der Waals surface area contributed by atoms with Crippen LogP contribution in [0.1, 0.15) is 0 Å². The van der Waals surface area contributed by atoms with Crippen molar-refractivity contribution in [2.45, 2.75) is 0 Å². The number of fused-ring (bicyclic) bond motifs is 1. The van der Waals surface area contributed by atoms with Crippen molar-refractivity contribution in [1.82, 2.24) is 0 Å². The van der Waals surface area contributed by atoms with Crippen LogP contribution >= 0.6 is 0 Å². The maximum absolute atomic E-state index is 11.9. The molecule has 0 aliphatic heterocycles. The first kappa shape index (κ1) is 11.3. The first-order valence-electron chi connectivity index (χ1n) is 5.74. The van der Waals surface area contributed by atoms with Crippen LogP contribution in [-0.2, 0) is 0 Å². The Morgan fingerprint density at radius 1 is 0.947 bits per heavy atom. The first-order valence-corrected chi connectivity index (χ1v) is 5.74. The van der Waals surface area contributed by atoms with Crippen molar-refractivity contribution in [1.29, 1.82) is 0 Å². The van der Waals surface area contributed by atoms with E-state index >= 15 is 0 Å². The number of nitroso groups, excluding NO2 is 1. The zero-order chi connectivity index (χ0) is 13.2. The number of nitrogens with zero attached hydrogens (tertiary/aromatic N) is 1. The number of rotatable bonds is 2. The van der Waals surface area contributed by atoms with Crippen LogP contribution in [-0.4, -0.2) is 0 Å². The highest BCUT2D eigenvalue weighted by Gasteiger charge is 2.07. The summed E-state index contributed by atoms with van der Waals surface area (Å²) in [6.07, 6.45) is 0. The van der Waals surface area contributed by atoms with Gasteiger partial charge in [0.15, 0.2) is 0 Å². The second-order valence-corrected chi connectivity index (χ2v) is 4.12. The fourth-order valence-corrected chi connectivity index (χ4v) is 1.97. The van der Waals surface area contributed by atoms with Gasteiger partial charge in [-0.1, -0.05) is 30.3 Å². The van der Waals surface area contributed by atoms with Gasteiger partial charge < -0.3 is 4.42 Å². The van der Waals surface area contributed by atoms with Gasteiger partial charge in [-0.2, -0.15) is 0 Å². The lowest BCUT2D eigenvalue weighted by Gasteiger charge is -2.02. The molecule has 0 aliphatic rings. The lowest BCUT2D eigenvalue weighted by atomic mass is 10.1. The van der Waals surface area contributed by atoms with E-state index in [2.05, 4.69) is 5.18 Å². The van der Waals surface area contributed by atoms with E-state index in [0.29, 0.717) is 22.4 Å². The van der Waals surface area contributed by atoms with Crippen molar-refractivity contribution in [2.24, 2.45) is 5.18 Å². The maximum atomic E-state index is 11.9. The summed E-state index contributed by atoms with van der Waals surface area (Å²) in [4.78, 5) is 22.3. The molecule has 0 saturated carbocycles. The molecule has 0 saturated heterocycles. The van der Waals surface area contributed by atoms with Crippen molar-refractivity contribution >= 4 is 16.7 Å². The first-order chi connectivity index (χ1) is 9.28. The smallest absolute Gasteiger partial charge is 0.344 e. The van der Waals surface area contributed by atoms with Gasteiger partial charge >= 0.3 is 5.63 Å². The SMILES string of the molecule is O=Nc1ccc(-c2cc3ccccc3oc2=O)cc1. The summed E-state index contributed by atoms with van der Waals surface area (Å²) in [7, 11) is 0. The van der Waals surface area contributed by atoms with E-state index in [1.54, 1.807) is 36.4 Å². The molecule has 0 fully saturated rings. The zero-order valence-corrected chi connectivity index (χ0v) is 9.87. The van der Waals surface area contributed by atoms with E-state index in [1.165, 1.54) is 0 Å². The van der Waals surface area contributed by atoms with Gasteiger partial charge in [0.25, 0.3) is 0 Å². The normalized spacial score (nSPS) is 10.5. The van der Waals surface area contributed by atoms with Crippen LogP contribution in [0.25, 0.3) is 22.1 Å². The quantitative estimate of drug-likeness (QED) is 0.513. The number of hydrogen-bond acceptors (Lipinski definition) is 4. The van der Waals surface area contributed by atoms with Crippen molar-refractivity contribution < 1.29 is 4.42 Å². The van der Waals surface area contributed by atoms with E-state index in [1.807, 2.05) is 18.2 Å². The molecule has 4 nitrogen and oxygen atoms in total. The molecule has 0 spiro atoms. The molecule has 1 aromatic heterocycles. The predicted molar refractivity (Wildman–Crippen MR) is 73.4 cm³/mol. The average molecular weight is 251 g/mol. The minimum Gasteiger partial charge on any atom is -0.422 e. The molecule has 0 amide bonds. The minimum atomic E-state index is -0.398. The molecule has 0 atom stereocenters. The Morgan fingerprint density at radius 2 is 1.68 bits per heavy atom. The summed E-state index contributed by atoms with van der Waals surface area (Å²) in [5.74, 6) is 0. The fraction of sp³-hybridized carbons (Fsp3) is 0. The van der Waals surface area contributed by atoms with Crippen molar-refractivity contribution in [3.63, 3.8) is 0 Å². The van der Waals surface area contributed by atoms with Crippen LogP contribution in [0.15, 0.2) is 69.0 Å². The van der Waals surface area contributed by atoms with Crippen LogP contribution in [0.2, 0.25) is 0 Å². The highest BCUT2D eigenvalue weighted by molar-refractivity contribution is 5.81. The van der Waals surface area contributed by atoms with Crippen LogP contribution in [0, 0.1) is 4.91 Å². The molecule has 3 rings (SSSR count). The minimum absolute atomic E-state index is 0.328. The van der Waals surface area contributed by atoms with Crippen molar-refractivity contribution in [3.05, 3.63) is 69.9 Å². The Morgan fingerprint density at radius 3 is 2.42 bits per heavy atom. The Kier molecular flexibility index (Phi) is 2.68. The largest absolute Gasteiger partial charge is 0.422 e. The third-order valence-electron chi connectivity index (χ3n) is 2.93. The molecule has 0 N–H and O–H groups in total. The standard InChI is InChI=1S/C15H9NO3/c17-15-13(10-5-7-12(16-18)8-6-10)9-11-3-1-2-4-14(11)19-15/h1-9H. The summed E-state index contributed by atoms with van der Waals surface area (Å²) in [5, 5.41) is 3.68. The molecule has 4 heteroatoms. The third-order valence-corrected chi connectivity index (χ3v) is 2.93. The summed E-state index contributed by atoms with van der Waals surface area (Å²) in [5.41, 5.74) is 1.66. The van der Waals surface area contributed by atoms with Gasteiger partial charge in [-0.25, -0.2) is 4.79 Å². The van der Waals surface area contributed by atoms with E-state index in [4.69, 9.17) is 4.42 Å². The summed E-state index contributed by atoms with van der Waals surface area (Å²) >= 11 is 0. The Labute approximate surface area is 108 Å². The van der Waals surface area contributed by atoms with Gasteiger partial charge in [-0.15, -0.1) is 4.91 Å². The van der Waals surface area contributed by atoms with Crippen LogP contribution in [0.3, 0.4) is 0 Å². The third kappa shape index (κ3) is 2.04. The van der Waals surface area contributed by atoms with Gasteiger partial charge in [-0.3, -0.25) is 0 Å². The van der Waals surface area contributed by atoms with Crippen LogP contribution < -0.4 is 5.63 Å². The van der Waals surface area contributed by atoms with Gasteiger partial charge in [-0.05, 0) is 35.0 Å². The van der Waals surface area contributed by atoms with E-state index in [0.717, 1.165) is 5.39 Å². The second-order valence-electron chi connectivity index (χ2n) is 4.12. The van der Waals surface area contributed by atoms with Gasteiger partial charge in [0.05, 0.1) is 5.56 Å². The Hall–Kier alpha value is -2.75.